The predicted octanol–water partition coefficient (Wildman–Crippen LogP) is 2.88. The molecule has 8 nitrogen and oxygen atoms in total. The van der Waals surface area contributed by atoms with Crippen LogP contribution in [0.15, 0.2) is 36.5 Å². The lowest BCUT2D eigenvalue weighted by molar-refractivity contribution is -0.120. The predicted molar refractivity (Wildman–Crippen MR) is 113 cm³/mol. The first-order chi connectivity index (χ1) is 14.6. The molecule has 1 amide bonds. The lowest BCUT2D eigenvalue weighted by Crippen LogP contribution is -2.34. The van der Waals surface area contributed by atoms with Gasteiger partial charge in [0.05, 0.1) is 17.8 Å². The van der Waals surface area contributed by atoms with E-state index in [4.69, 9.17) is 0 Å². The quantitative estimate of drug-likeness (QED) is 0.675. The molecule has 0 atom stereocenters. The number of carbonyl (C=O) groups excluding carboxylic acids is 2. The van der Waals surface area contributed by atoms with Gasteiger partial charge in [-0.25, -0.2) is 4.98 Å². The largest absolute Gasteiger partial charge is 0.381 e. The van der Waals surface area contributed by atoms with Gasteiger partial charge in [0.1, 0.15) is 5.78 Å². The van der Waals surface area contributed by atoms with E-state index in [1.165, 1.54) is 0 Å². The van der Waals surface area contributed by atoms with Crippen molar-refractivity contribution in [3.63, 3.8) is 0 Å². The molecular formula is C22H27N5O3. The summed E-state index contributed by atoms with van der Waals surface area (Å²) in [5, 5.41) is 19.6. The van der Waals surface area contributed by atoms with E-state index >= 15 is 0 Å². The zero-order valence-electron chi connectivity index (χ0n) is 17.1. The van der Waals surface area contributed by atoms with E-state index in [9.17, 15) is 14.8 Å². The van der Waals surface area contributed by atoms with Crippen LogP contribution in [-0.4, -0.2) is 39.6 Å². The summed E-state index contributed by atoms with van der Waals surface area (Å²) in [5.41, 5.74) is 2.95. The molecule has 0 saturated heterocycles. The number of fused-ring (bicyclic) bond motifs is 1. The van der Waals surface area contributed by atoms with Gasteiger partial charge >= 0.3 is 0 Å². The van der Waals surface area contributed by atoms with Gasteiger partial charge < -0.3 is 10.6 Å². The van der Waals surface area contributed by atoms with E-state index < -0.39 is 0 Å². The first-order valence-corrected chi connectivity index (χ1v) is 10.4. The smallest absolute Gasteiger partial charge is 0.255 e. The SMILES string of the molecule is CCN1c2ncc(C(=O)NCc3ccccc3)c(NC3CCC(=O)CC3)c2CN1O. The van der Waals surface area contributed by atoms with Crippen LogP contribution in [0.25, 0.3) is 0 Å². The number of benzene rings is 1. The Labute approximate surface area is 175 Å². The minimum atomic E-state index is -0.219. The van der Waals surface area contributed by atoms with Crippen molar-refractivity contribution in [2.24, 2.45) is 0 Å². The monoisotopic (exact) mass is 409 g/mol. The highest BCUT2D eigenvalue weighted by Gasteiger charge is 2.32. The van der Waals surface area contributed by atoms with Gasteiger partial charge in [-0.15, -0.1) is 0 Å². The number of hydroxylamine groups is 1. The number of ketones is 1. The van der Waals surface area contributed by atoms with Crippen molar-refractivity contribution >= 4 is 23.2 Å². The molecule has 2 heterocycles. The highest BCUT2D eigenvalue weighted by atomic mass is 16.6. The molecule has 1 aromatic carbocycles. The van der Waals surface area contributed by atoms with E-state index in [1.807, 2.05) is 37.3 Å². The molecular weight excluding hydrogens is 382 g/mol. The van der Waals surface area contributed by atoms with Crippen molar-refractivity contribution < 1.29 is 14.8 Å². The molecule has 30 heavy (non-hydrogen) atoms. The minimum absolute atomic E-state index is 0.109. The first-order valence-electron chi connectivity index (χ1n) is 10.4. The summed E-state index contributed by atoms with van der Waals surface area (Å²) in [6, 6.07) is 9.84. The normalized spacial score (nSPS) is 17.1. The van der Waals surface area contributed by atoms with Crippen molar-refractivity contribution in [3.05, 3.63) is 53.2 Å². The zero-order valence-corrected chi connectivity index (χ0v) is 17.1. The Kier molecular flexibility index (Phi) is 5.96. The van der Waals surface area contributed by atoms with Crippen LogP contribution >= 0.6 is 0 Å². The number of aromatic nitrogens is 1. The molecule has 0 unspecified atom stereocenters. The molecule has 0 spiro atoms. The molecule has 2 aromatic rings. The van der Waals surface area contributed by atoms with Gasteiger partial charge in [-0.2, -0.15) is 0 Å². The van der Waals surface area contributed by atoms with Gasteiger partial charge in [0.2, 0.25) is 0 Å². The van der Waals surface area contributed by atoms with Crippen LogP contribution in [0, 0.1) is 0 Å². The minimum Gasteiger partial charge on any atom is -0.381 e. The number of Topliss-reactive ketones (excluding diaryl/α,β-unsaturated/α-hetero) is 1. The third kappa shape index (κ3) is 4.15. The van der Waals surface area contributed by atoms with E-state index in [1.54, 1.807) is 11.2 Å². The molecule has 0 radical (unpaired) electrons. The number of nitrogens with zero attached hydrogens (tertiary/aromatic N) is 3. The van der Waals surface area contributed by atoms with Crippen molar-refractivity contribution in [2.75, 3.05) is 16.9 Å². The summed E-state index contributed by atoms with van der Waals surface area (Å²) >= 11 is 0. The van der Waals surface area contributed by atoms with Crippen molar-refractivity contribution in [1.82, 2.24) is 15.5 Å². The van der Waals surface area contributed by atoms with Gasteiger partial charge in [-0.05, 0) is 25.3 Å². The second-order valence-electron chi connectivity index (χ2n) is 7.72. The molecule has 1 aliphatic heterocycles. The number of pyridine rings is 1. The Hall–Kier alpha value is -2.97. The second kappa shape index (κ2) is 8.81. The van der Waals surface area contributed by atoms with Crippen LogP contribution < -0.4 is 15.6 Å². The summed E-state index contributed by atoms with van der Waals surface area (Å²) in [4.78, 5) is 29.1. The number of hydrogen-bond acceptors (Lipinski definition) is 7. The standard InChI is InChI=1S/C22H27N5O3/c1-2-26-21-19(14-27(26)30)20(25-16-8-10-17(28)11-9-16)18(13-23-21)22(29)24-12-15-6-4-3-5-7-15/h3-7,13,16,30H,2,8-12,14H2,1H3,(H,23,25)(H,24,29). The van der Waals surface area contributed by atoms with Crippen LogP contribution in [0.5, 0.6) is 0 Å². The molecule has 2 aliphatic rings. The fourth-order valence-electron chi connectivity index (χ4n) is 4.06. The second-order valence-corrected chi connectivity index (χ2v) is 7.72. The summed E-state index contributed by atoms with van der Waals surface area (Å²) in [7, 11) is 0. The molecule has 1 fully saturated rings. The van der Waals surface area contributed by atoms with Crippen LogP contribution in [0.3, 0.4) is 0 Å². The molecule has 8 heteroatoms. The summed E-state index contributed by atoms with van der Waals surface area (Å²) in [6.07, 6.45) is 4.14. The molecule has 1 aromatic heterocycles. The fourth-order valence-corrected chi connectivity index (χ4v) is 4.06. The zero-order chi connectivity index (χ0) is 21.1. The van der Waals surface area contributed by atoms with Crippen LogP contribution in [0.2, 0.25) is 0 Å². The van der Waals surface area contributed by atoms with Crippen molar-refractivity contribution in [3.8, 4) is 0 Å². The van der Waals surface area contributed by atoms with Gasteiger partial charge in [-0.3, -0.25) is 19.8 Å². The number of carbonyl (C=O) groups is 2. The average molecular weight is 409 g/mol. The highest BCUT2D eigenvalue weighted by Crippen LogP contribution is 2.37. The lowest BCUT2D eigenvalue weighted by Gasteiger charge is -2.26. The topological polar surface area (TPSA) is 97.8 Å². The van der Waals surface area contributed by atoms with E-state index in [2.05, 4.69) is 15.6 Å². The molecule has 1 saturated carbocycles. The van der Waals surface area contributed by atoms with Gasteiger partial charge in [0.25, 0.3) is 5.91 Å². The van der Waals surface area contributed by atoms with Gasteiger partial charge in [0, 0.05) is 43.7 Å². The van der Waals surface area contributed by atoms with Gasteiger partial charge in [0.15, 0.2) is 5.82 Å². The Morgan fingerprint density at radius 1 is 1.23 bits per heavy atom. The van der Waals surface area contributed by atoms with Crippen LogP contribution in [0.1, 0.15) is 54.1 Å². The van der Waals surface area contributed by atoms with Crippen molar-refractivity contribution in [2.45, 2.75) is 51.7 Å². The number of hydrazine groups is 1. The Balaban J connectivity index is 1.61. The highest BCUT2D eigenvalue weighted by molar-refractivity contribution is 6.01. The Morgan fingerprint density at radius 3 is 2.67 bits per heavy atom. The van der Waals surface area contributed by atoms with E-state index in [-0.39, 0.29) is 24.3 Å². The lowest BCUT2D eigenvalue weighted by atomic mass is 9.93. The van der Waals surface area contributed by atoms with Gasteiger partial charge in [-0.1, -0.05) is 35.5 Å². The van der Waals surface area contributed by atoms with E-state index in [0.29, 0.717) is 43.0 Å². The molecule has 3 N–H and O–H groups in total. The molecule has 158 valence electrons. The number of anilines is 2. The summed E-state index contributed by atoms with van der Waals surface area (Å²) in [5.74, 6) is 0.712. The fraction of sp³-hybridized carbons (Fsp3) is 0.409. The molecule has 0 bridgehead atoms. The average Bonchev–Trinajstić information content (AvgIpc) is 3.10. The Bertz CT molecular complexity index is 924. The summed E-state index contributed by atoms with van der Waals surface area (Å²) < 4.78 is 0. The third-order valence-electron chi connectivity index (χ3n) is 5.71. The van der Waals surface area contributed by atoms with Crippen LogP contribution in [0.4, 0.5) is 11.5 Å². The maximum Gasteiger partial charge on any atom is 0.255 e. The third-order valence-corrected chi connectivity index (χ3v) is 5.71. The number of hydrogen-bond donors (Lipinski definition) is 3. The number of nitrogens with one attached hydrogen (secondary N) is 2. The molecule has 1 aliphatic carbocycles. The maximum atomic E-state index is 13.0. The van der Waals surface area contributed by atoms with Crippen LogP contribution in [-0.2, 0) is 17.9 Å². The molecule has 4 rings (SSSR count). The summed E-state index contributed by atoms with van der Waals surface area (Å²) in [6.45, 7) is 3.17. The first kappa shape index (κ1) is 20.3. The Morgan fingerprint density at radius 2 is 1.97 bits per heavy atom. The number of rotatable bonds is 6. The van der Waals surface area contributed by atoms with Crippen molar-refractivity contribution in [1.29, 1.82) is 0 Å². The maximum absolute atomic E-state index is 13.0. The number of amides is 1. The van der Waals surface area contributed by atoms with E-state index in [0.717, 1.165) is 29.1 Å².